The molecule has 0 amide bonds. The van der Waals surface area contributed by atoms with Crippen LogP contribution in [0, 0.1) is 5.92 Å². The minimum absolute atomic E-state index is 0.315. The van der Waals surface area contributed by atoms with Crippen LogP contribution in [0.25, 0.3) is 0 Å². The number of thiophene rings is 1. The van der Waals surface area contributed by atoms with Crippen molar-refractivity contribution in [3.05, 3.63) is 21.9 Å². The topological polar surface area (TPSA) is 30.0 Å². The summed E-state index contributed by atoms with van der Waals surface area (Å²) in [6.07, 6.45) is 3.29. The Kier molecular flexibility index (Phi) is 7.50. The van der Waals surface area contributed by atoms with E-state index in [1.165, 1.54) is 23.4 Å². The van der Waals surface area contributed by atoms with Crippen LogP contribution in [-0.4, -0.2) is 73.7 Å². The second kappa shape index (κ2) is 9.14. The van der Waals surface area contributed by atoms with Crippen molar-refractivity contribution in [1.29, 1.82) is 0 Å². The van der Waals surface area contributed by atoms with Crippen LogP contribution in [0.15, 0.2) is 11.4 Å². The van der Waals surface area contributed by atoms with Gasteiger partial charge in [0.05, 0.1) is 0 Å². The lowest BCUT2D eigenvalue weighted by molar-refractivity contribution is 0.0722. The highest BCUT2D eigenvalue weighted by Gasteiger charge is 2.30. The summed E-state index contributed by atoms with van der Waals surface area (Å²) in [4.78, 5) is 8.68. The van der Waals surface area contributed by atoms with E-state index in [9.17, 15) is 0 Å². The lowest BCUT2D eigenvalue weighted by Gasteiger charge is -2.41. The van der Waals surface area contributed by atoms with Gasteiger partial charge in [0.25, 0.3) is 0 Å². The Hall–Kier alpha value is -0.460. The summed E-state index contributed by atoms with van der Waals surface area (Å²) in [5.41, 5.74) is 1.43. The molecule has 1 aliphatic heterocycles. The molecule has 1 aromatic rings. The van der Waals surface area contributed by atoms with Gasteiger partial charge < -0.3 is 14.9 Å². The molecule has 23 heavy (non-hydrogen) atoms. The molecule has 0 aliphatic carbocycles. The summed E-state index contributed by atoms with van der Waals surface area (Å²) in [7, 11) is 8.63. The van der Waals surface area contributed by atoms with E-state index in [2.05, 4.69) is 54.3 Å². The Morgan fingerprint density at radius 2 is 2.09 bits per heavy atom. The fourth-order valence-electron chi connectivity index (χ4n) is 3.73. The highest BCUT2D eigenvalue weighted by atomic mass is 32.1. The maximum atomic E-state index is 9.17. The number of piperidine rings is 1. The van der Waals surface area contributed by atoms with E-state index in [1.807, 2.05) is 11.3 Å². The van der Waals surface area contributed by atoms with Gasteiger partial charge in [-0.3, -0.25) is 4.90 Å². The lowest BCUT2D eigenvalue weighted by atomic mass is 9.87. The second-order valence-electron chi connectivity index (χ2n) is 7.34. The molecule has 0 radical (unpaired) electrons. The van der Waals surface area contributed by atoms with Gasteiger partial charge in [0.1, 0.15) is 0 Å². The van der Waals surface area contributed by atoms with Crippen molar-refractivity contribution in [1.82, 2.24) is 14.7 Å². The van der Waals surface area contributed by atoms with Gasteiger partial charge in [0, 0.05) is 43.7 Å². The molecule has 1 aliphatic rings. The Morgan fingerprint density at radius 3 is 2.74 bits per heavy atom. The molecule has 132 valence electrons. The zero-order valence-electron chi connectivity index (χ0n) is 15.2. The van der Waals surface area contributed by atoms with Crippen molar-refractivity contribution >= 4 is 11.3 Å². The van der Waals surface area contributed by atoms with Gasteiger partial charge in [-0.25, -0.2) is 0 Å². The van der Waals surface area contributed by atoms with E-state index in [0.29, 0.717) is 18.6 Å². The van der Waals surface area contributed by atoms with Gasteiger partial charge >= 0.3 is 0 Å². The SMILES string of the molecule is CN(C)Cc1csc(CN2CC[C@H](N(C)C)[C@H](CCCO)C2)c1. The molecule has 1 N–H and O–H groups in total. The standard InChI is InChI=1S/C18H33N3OS/c1-19(2)11-15-10-17(23-14-15)13-21-8-7-18(20(3)4)16(12-21)6-5-9-22/h10,14,16,18,22H,5-9,11-13H2,1-4H3/t16-,18+/m1/s1. The number of likely N-dealkylation sites (tertiary alicyclic amines) is 1. The van der Waals surface area contributed by atoms with Crippen LogP contribution in [0.2, 0.25) is 0 Å². The zero-order chi connectivity index (χ0) is 16.8. The molecule has 5 heteroatoms. The summed E-state index contributed by atoms with van der Waals surface area (Å²) < 4.78 is 0. The average molecular weight is 340 g/mol. The second-order valence-corrected chi connectivity index (χ2v) is 8.34. The average Bonchev–Trinajstić information content (AvgIpc) is 2.91. The normalized spacial score (nSPS) is 23.1. The fourth-order valence-corrected chi connectivity index (χ4v) is 4.66. The van der Waals surface area contributed by atoms with E-state index in [-0.39, 0.29) is 0 Å². The van der Waals surface area contributed by atoms with Gasteiger partial charge in [0.2, 0.25) is 0 Å². The van der Waals surface area contributed by atoms with Gasteiger partial charge in [-0.1, -0.05) is 0 Å². The minimum atomic E-state index is 0.315. The lowest BCUT2D eigenvalue weighted by Crippen LogP contribution is -2.48. The van der Waals surface area contributed by atoms with Crippen LogP contribution >= 0.6 is 11.3 Å². The summed E-state index contributed by atoms with van der Waals surface area (Å²) in [5.74, 6) is 0.673. The van der Waals surface area contributed by atoms with Crippen molar-refractivity contribution < 1.29 is 5.11 Å². The predicted molar refractivity (Wildman–Crippen MR) is 98.9 cm³/mol. The number of rotatable bonds is 8. The first kappa shape index (κ1) is 18.9. The maximum Gasteiger partial charge on any atom is 0.0431 e. The van der Waals surface area contributed by atoms with Crippen LogP contribution < -0.4 is 0 Å². The first-order chi connectivity index (χ1) is 11.0. The molecule has 2 heterocycles. The fraction of sp³-hybridized carbons (Fsp3) is 0.778. The summed E-state index contributed by atoms with van der Waals surface area (Å²) in [6, 6.07) is 3.02. The Morgan fingerprint density at radius 1 is 1.30 bits per heavy atom. The molecule has 0 bridgehead atoms. The largest absolute Gasteiger partial charge is 0.396 e. The number of aliphatic hydroxyl groups is 1. The molecule has 1 saturated heterocycles. The number of hydrogen-bond acceptors (Lipinski definition) is 5. The Balaban J connectivity index is 1.91. The molecule has 0 unspecified atom stereocenters. The molecule has 0 saturated carbocycles. The molecular weight excluding hydrogens is 306 g/mol. The molecule has 0 spiro atoms. The molecule has 2 atom stereocenters. The van der Waals surface area contributed by atoms with Crippen molar-refractivity contribution in [3.8, 4) is 0 Å². The first-order valence-corrected chi connectivity index (χ1v) is 9.58. The van der Waals surface area contributed by atoms with Crippen molar-refractivity contribution in [2.75, 3.05) is 47.9 Å². The molecule has 0 aromatic carbocycles. The van der Waals surface area contributed by atoms with Crippen LogP contribution in [0.3, 0.4) is 0 Å². The third-order valence-electron chi connectivity index (χ3n) is 4.76. The summed E-state index contributed by atoms with van der Waals surface area (Å²) in [6.45, 7) is 4.75. The van der Waals surface area contributed by atoms with Crippen LogP contribution in [0.5, 0.6) is 0 Å². The molecule has 1 fully saturated rings. The smallest absolute Gasteiger partial charge is 0.0431 e. The first-order valence-electron chi connectivity index (χ1n) is 8.70. The summed E-state index contributed by atoms with van der Waals surface area (Å²) >= 11 is 1.89. The third kappa shape index (κ3) is 5.84. The van der Waals surface area contributed by atoms with Crippen molar-refractivity contribution in [2.45, 2.75) is 38.4 Å². The van der Waals surface area contributed by atoms with E-state index in [1.54, 1.807) is 0 Å². The van der Waals surface area contributed by atoms with Crippen molar-refractivity contribution in [2.24, 2.45) is 5.92 Å². The van der Waals surface area contributed by atoms with Crippen LogP contribution in [0.4, 0.5) is 0 Å². The van der Waals surface area contributed by atoms with Crippen molar-refractivity contribution in [3.63, 3.8) is 0 Å². The van der Waals surface area contributed by atoms with Gasteiger partial charge in [-0.15, -0.1) is 11.3 Å². The number of hydrogen-bond donors (Lipinski definition) is 1. The van der Waals surface area contributed by atoms with E-state index in [0.717, 1.165) is 32.5 Å². The maximum absolute atomic E-state index is 9.17. The molecule has 2 rings (SSSR count). The molecule has 1 aromatic heterocycles. The van der Waals surface area contributed by atoms with E-state index in [4.69, 9.17) is 5.11 Å². The quantitative estimate of drug-likeness (QED) is 0.787. The number of nitrogens with zero attached hydrogens (tertiary/aromatic N) is 3. The Bertz CT molecular complexity index is 461. The minimum Gasteiger partial charge on any atom is -0.396 e. The van der Waals surface area contributed by atoms with Gasteiger partial charge in [-0.2, -0.15) is 0 Å². The van der Waals surface area contributed by atoms with Crippen LogP contribution in [-0.2, 0) is 13.1 Å². The summed E-state index contributed by atoms with van der Waals surface area (Å²) in [5, 5.41) is 11.5. The highest BCUT2D eigenvalue weighted by Crippen LogP contribution is 2.27. The number of aliphatic hydroxyl groups excluding tert-OH is 1. The van der Waals surface area contributed by atoms with E-state index >= 15 is 0 Å². The van der Waals surface area contributed by atoms with Gasteiger partial charge in [0.15, 0.2) is 0 Å². The highest BCUT2D eigenvalue weighted by molar-refractivity contribution is 7.10. The van der Waals surface area contributed by atoms with Gasteiger partial charge in [-0.05, 0) is 70.4 Å². The predicted octanol–water partition coefficient (Wildman–Crippen LogP) is 2.33. The molecular formula is C18H33N3OS. The monoisotopic (exact) mass is 339 g/mol. The van der Waals surface area contributed by atoms with E-state index < -0.39 is 0 Å². The molecule has 4 nitrogen and oxygen atoms in total. The zero-order valence-corrected chi connectivity index (χ0v) is 16.0. The third-order valence-corrected chi connectivity index (χ3v) is 5.73. The van der Waals surface area contributed by atoms with Crippen LogP contribution in [0.1, 0.15) is 29.7 Å². The Labute approximate surface area is 145 Å².